The molecule has 2 aromatic heterocycles. The first-order valence-electron chi connectivity index (χ1n) is 10.9. The molecule has 0 amide bonds. The van der Waals surface area contributed by atoms with Gasteiger partial charge in [-0.15, -0.1) is 0 Å². The van der Waals surface area contributed by atoms with E-state index in [9.17, 15) is 22.0 Å². The molecule has 180 valence electrons. The van der Waals surface area contributed by atoms with Crippen LogP contribution in [0.1, 0.15) is 11.1 Å². The lowest BCUT2D eigenvalue weighted by Gasteiger charge is -2.18. The molecule has 0 unspecified atom stereocenters. The van der Waals surface area contributed by atoms with Crippen LogP contribution in [0.15, 0.2) is 97.8 Å². The molecule has 0 aliphatic heterocycles. The molecule has 0 bridgehead atoms. The third-order valence-electron chi connectivity index (χ3n) is 5.75. The van der Waals surface area contributed by atoms with Crippen LogP contribution in [-0.4, -0.2) is 9.38 Å². The number of hydrogen-bond acceptors (Lipinski definition) is 2. The third-order valence-corrected chi connectivity index (χ3v) is 5.75. The fraction of sp³-hybridized carbons (Fsp3) is 0.0357. The van der Waals surface area contributed by atoms with Crippen LogP contribution in [0.25, 0.3) is 33.7 Å². The number of alkyl halides is 3. The van der Waals surface area contributed by atoms with E-state index in [1.54, 1.807) is 41.1 Å². The minimum Gasteiger partial charge on any atom is -0.356 e. The summed E-state index contributed by atoms with van der Waals surface area (Å²) in [5, 5.41) is 2.83. The molecule has 3 aromatic carbocycles. The Bertz CT molecular complexity index is 1580. The van der Waals surface area contributed by atoms with Crippen LogP contribution in [0.5, 0.6) is 0 Å². The number of hydrogen-bond donors (Lipinski definition) is 1. The first-order valence-corrected chi connectivity index (χ1v) is 10.9. The summed E-state index contributed by atoms with van der Waals surface area (Å²) in [5.74, 6) is -0.364. The number of halogens is 5. The van der Waals surface area contributed by atoms with Gasteiger partial charge in [-0.2, -0.15) is 13.2 Å². The molecule has 5 aromatic rings. The van der Waals surface area contributed by atoms with Gasteiger partial charge < -0.3 is 5.32 Å². The van der Waals surface area contributed by atoms with Gasteiger partial charge in [0, 0.05) is 34.3 Å². The van der Waals surface area contributed by atoms with Gasteiger partial charge in [0.2, 0.25) is 0 Å². The maximum Gasteiger partial charge on any atom is 0.417 e. The molecule has 0 aliphatic carbocycles. The zero-order chi connectivity index (χ0) is 25.4. The summed E-state index contributed by atoms with van der Waals surface area (Å²) in [5.41, 5.74) is 1.77. The van der Waals surface area contributed by atoms with E-state index in [-0.39, 0.29) is 11.3 Å². The molecule has 36 heavy (non-hydrogen) atoms. The molecular formula is C28H18F5N3. The summed E-state index contributed by atoms with van der Waals surface area (Å²) >= 11 is 0. The van der Waals surface area contributed by atoms with Crippen LogP contribution in [0.4, 0.5) is 27.6 Å². The lowest BCUT2D eigenvalue weighted by Crippen LogP contribution is -2.11. The number of fused-ring (bicyclic) bond motifs is 1. The van der Waals surface area contributed by atoms with Gasteiger partial charge in [0.05, 0.1) is 17.3 Å². The van der Waals surface area contributed by atoms with Crippen molar-refractivity contribution in [1.29, 1.82) is 0 Å². The normalized spacial score (nSPS) is 11.6. The first kappa shape index (κ1) is 23.3. The second kappa shape index (κ2) is 8.96. The molecule has 8 heteroatoms. The van der Waals surface area contributed by atoms with Crippen LogP contribution in [0, 0.1) is 11.6 Å². The maximum atomic E-state index is 13.8. The summed E-state index contributed by atoms with van der Waals surface area (Å²) in [4.78, 5) is 4.43. The average Bonchev–Trinajstić information content (AvgIpc) is 3.29. The first-order chi connectivity index (χ1) is 17.2. The molecule has 3 nitrogen and oxygen atoms in total. The van der Waals surface area contributed by atoms with Crippen molar-refractivity contribution < 1.29 is 22.0 Å². The van der Waals surface area contributed by atoms with E-state index in [4.69, 9.17) is 0 Å². The van der Waals surface area contributed by atoms with E-state index in [2.05, 4.69) is 16.9 Å². The quantitative estimate of drug-likeness (QED) is 0.252. The maximum absolute atomic E-state index is 13.8. The smallest absolute Gasteiger partial charge is 0.356 e. The minimum absolute atomic E-state index is 0.0108. The second-order valence-electron chi connectivity index (χ2n) is 8.14. The SMILES string of the molecule is C=C(Nc1ccc(F)cc1)c1cc(-c2cccn3c(-c4cccc(F)c4)ncc23)ccc1C(F)(F)F. The highest BCUT2D eigenvalue weighted by Gasteiger charge is 2.34. The molecule has 0 saturated heterocycles. The minimum atomic E-state index is -4.62. The Morgan fingerprint density at radius 3 is 2.33 bits per heavy atom. The molecule has 5 rings (SSSR count). The standard InChI is InChI=1S/C28H18F5N3/c1-17(35-22-10-8-20(29)9-11-22)24-15-18(7-12-25(24)28(31,32)33)23-6-3-13-36-26(23)16-34-27(36)19-4-2-5-21(30)14-19/h2-16,35H,1H2. The van der Waals surface area contributed by atoms with Crippen LogP contribution < -0.4 is 5.32 Å². The Morgan fingerprint density at radius 1 is 0.833 bits per heavy atom. The van der Waals surface area contributed by atoms with Crippen molar-refractivity contribution in [3.8, 4) is 22.5 Å². The molecule has 0 radical (unpaired) electrons. The number of rotatable bonds is 5. The molecular weight excluding hydrogens is 473 g/mol. The average molecular weight is 491 g/mol. The van der Waals surface area contributed by atoms with Crippen LogP contribution in [0.2, 0.25) is 0 Å². The number of imidazole rings is 1. The fourth-order valence-electron chi connectivity index (χ4n) is 4.09. The van der Waals surface area contributed by atoms with Crippen LogP contribution >= 0.6 is 0 Å². The van der Waals surface area contributed by atoms with E-state index in [1.807, 2.05) is 0 Å². The van der Waals surface area contributed by atoms with Crippen molar-refractivity contribution in [2.24, 2.45) is 0 Å². The van der Waals surface area contributed by atoms with Gasteiger partial charge in [0.25, 0.3) is 0 Å². The summed E-state index contributed by atoms with van der Waals surface area (Å²) in [6.07, 6.45) is -1.26. The van der Waals surface area contributed by atoms with Crippen molar-refractivity contribution in [3.05, 3.63) is 121 Å². The zero-order valence-electron chi connectivity index (χ0n) is 18.7. The van der Waals surface area contributed by atoms with Crippen molar-refractivity contribution >= 4 is 16.9 Å². The molecule has 1 N–H and O–H groups in total. The predicted molar refractivity (Wildman–Crippen MR) is 130 cm³/mol. The lowest BCUT2D eigenvalue weighted by molar-refractivity contribution is -0.137. The van der Waals surface area contributed by atoms with Crippen molar-refractivity contribution in [3.63, 3.8) is 0 Å². The zero-order valence-corrected chi connectivity index (χ0v) is 18.7. The molecule has 0 atom stereocenters. The molecule has 2 heterocycles. The Morgan fingerprint density at radius 2 is 1.61 bits per heavy atom. The Hall–Kier alpha value is -4.46. The number of nitrogens with one attached hydrogen (secondary N) is 1. The largest absolute Gasteiger partial charge is 0.417 e. The van der Waals surface area contributed by atoms with Gasteiger partial charge in [0.1, 0.15) is 17.5 Å². The van der Waals surface area contributed by atoms with E-state index < -0.39 is 23.4 Å². The Labute approximate surface area is 203 Å². The third kappa shape index (κ3) is 4.45. The molecule has 0 spiro atoms. The summed E-state index contributed by atoms with van der Waals surface area (Å²) in [7, 11) is 0. The number of aromatic nitrogens is 2. The van der Waals surface area contributed by atoms with E-state index in [0.29, 0.717) is 33.7 Å². The van der Waals surface area contributed by atoms with Gasteiger partial charge in [0.15, 0.2) is 0 Å². The fourth-order valence-corrected chi connectivity index (χ4v) is 4.09. The molecule has 0 fully saturated rings. The lowest BCUT2D eigenvalue weighted by atomic mass is 9.97. The topological polar surface area (TPSA) is 29.3 Å². The van der Waals surface area contributed by atoms with Crippen molar-refractivity contribution in [2.75, 3.05) is 5.32 Å². The van der Waals surface area contributed by atoms with E-state index in [0.717, 1.165) is 6.07 Å². The van der Waals surface area contributed by atoms with Gasteiger partial charge >= 0.3 is 6.18 Å². The number of benzene rings is 3. The van der Waals surface area contributed by atoms with Crippen molar-refractivity contribution in [1.82, 2.24) is 9.38 Å². The van der Waals surface area contributed by atoms with E-state index >= 15 is 0 Å². The second-order valence-corrected chi connectivity index (χ2v) is 8.14. The number of nitrogens with zero attached hydrogens (tertiary/aromatic N) is 2. The Balaban J connectivity index is 1.60. The van der Waals surface area contributed by atoms with Gasteiger partial charge in [-0.05, 0) is 60.2 Å². The van der Waals surface area contributed by atoms with Crippen molar-refractivity contribution in [2.45, 2.75) is 6.18 Å². The van der Waals surface area contributed by atoms with Gasteiger partial charge in [-0.3, -0.25) is 4.40 Å². The summed E-state index contributed by atoms with van der Waals surface area (Å²) < 4.78 is 70.3. The Kier molecular flexibility index (Phi) is 5.80. The molecule has 0 aliphatic rings. The molecule has 0 saturated carbocycles. The predicted octanol–water partition coefficient (Wildman–Crippen LogP) is 8.05. The highest BCUT2D eigenvalue weighted by Crippen LogP contribution is 2.38. The number of pyridine rings is 1. The van der Waals surface area contributed by atoms with Gasteiger partial charge in [-0.25, -0.2) is 13.8 Å². The van der Waals surface area contributed by atoms with Crippen LogP contribution in [0.3, 0.4) is 0 Å². The monoisotopic (exact) mass is 491 g/mol. The van der Waals surface area contributed by atoms with Gasteiger partial charge in [-0.1, -0.05) is 30.8 Å². The summed E-state index contributed by atoms with van der Waals surface area (Å²) in [6.45, 7) is 3.81. The van der Waals surface area contributed by atoms with E-state index in [1.165, 1.54) is 48.5 Å². The van der Waals surface area contributed by atoms with Crippen LogP contribution in [-0.2, 0) is 6.18 Å². The number of anilines is 1. The summed E-state index contributed by atoms with van der Waals surface area (Å²) in [6, 6.07) is 18.6. The highest BCUT2D eigenvalue weighted by molar-refractivity contribution is 5.86. The highest BCUT2D eigenvalue weighted by atomic mass is 19.4.